The van der Waals surface area contributed by atoms with Gasteiger partial charge in [0.05, 0.1) is 6.04 Å². The molecule has 68 valence electrons. The Kier molecular flexibility index (Phi) is 1.67. The zero-order valence-electron chi connectivity index (χ0n) is 8.13. The van der Waals surface area contributed by atoms with Gasteiger partial charge in [0, 0.05) is 5.92 Å². The highest BCUT2D eigenvalue weighted by Gasteiger charge is 2.37. The lowest BCUT2D eigenvalue weighted by Crippen LogP contribution is -2.25. The maximum absolute atomic E-state index is 5.57. The zero-order chi connectivity index (χ0) is 8.77. The van der Waals surface area contributed by atoms with Crippen LogP contribution in [-0.2, 0) is 4.74 Å². The minimum atomic E-state index is 0.261. The summed E-state index contributed by atoms with van der Waals surface area (Å²) >= 11 is 0. The molecule has 1 aliphatic heterocycles. The fourth-order valence-electron chi connectivity index (χ4n) is 1.39. The highest BCUT2D eigenvalue weighted by molar-refractivity contribution is 5.82. The fourth-order valence-corrected chi connectivity index (χ4v) is 1.39. The van der Waals surface area contributed by atoms with Crippen molar-refractivity contribution in [3.05, 3.63) is 0 Å². The van der Waals surface area contributed by atoms with E-state index in [4.69, 9.17) is 4.74 Å². The molecule has 0 bridgehead atoms. The monoisotopic (exact) mass is 167 g/mol. The maximum atomic E-state index is 5.57. The molecule has 0 aromatic heterocycles. The second kappa shape index (κ2) is 2.48. The van der Waals surface area contributed by atoms with E-state index in [2.05, 4.69) is 25.8 Å². The van der Waals surface area contributed by atoms with Crippen LogP contribution in [0.25, 0.3) is 0 Å². The van der Waals surface area contributed by atoms with Crippen LogP contribution in [0.2, 0.25) is 0 Å². The van der Waals surface area contributed by atoms with Gasteiger partial charge in [0.1, 0.15) is 6.61 Å². The van der Waals surface area contributed by atoms with Crippen LogP contribution < -0.4 is 0 Å². The molecule has 1 heterocycles. The van der Waals surface area contributed by atoms with E-state index in [9.17, 15) is 0 Å². The lowest BCUT2D eigenvalue weighted by molar-refractivity contribution is 0.232. The van der Waals surface area contributed by atoms with E-state index in [1.807, 2.05) is 0 Å². The van der Waals surface area contributed by atoms with Gasteiger partial charge in [0.15, 0.2) is 5.90 Å². The van der Waals surface area contributed by atoms with E-state index >= 15 is 0 Å². The van der Waals surface area contributed by atoms with Gasteiger partial charge in [-0.1, -0.05) is 20.8 Å². The highest BCUT2D eigenvalue weighted by atomic mass is 16.5. The second-order valence-corrected chi connectivity index (χ2v) is 4.93. The number of hydrogen-bond donors (Lipinski definition) is 0. The summed E-state index contributed by atoms with van der Waals surface area (Å²) < 4.78 is 5.57. The van der Waals surface area contributed by atoms with Crippen molar-refractivity contribution in [1.82, 2.24) is 0 Å². The van der Waals surface area contributed by atoms with E-state index in [1.165, 1.54) is 12.8 Å². The predicted molar refractivity (Wildman–Crippen MR) is 49.4 cm³/mol. The average Bonchev–Trinajstić information content (AvgIpc) is 2.66. The van der Waals surface area contributed by atoms with E-state index in [-0.39, 0.29) is 5.41 Å². The molecule has 12 heavy (non-hydrogen) atoms. The van der Waals surface area contributed by atoms with Crippen LogP contribution in [0.5, 0.6) is 0 Å². The SMILES string of the molecule is CC(C)(C)[C@H]1COC(C2CC2)=N1. The van der Waals surface area contributed by atoms with Crippen molar-refractivity contribution in [1.29, 1.82) is 0 Å². The highest BCUT2D eigenvalue weighted by Crippen LogP contribution is 2.35. The second-order valence-electron chi connectivity index (χ2n) is 4.93. The van der Waals surface area contributed by atoms with Crippen molar-refractivity contribution in [2.75, 3.05) is 6.61 Å². The Balaban J connectivity index is 2.03. The quantitative estimate of drug-likeness (QED) is 0.587. The largest absolute Gasteiger partial charge is 0.478 e. The number of aliphatic imine (C=N–C) groups is 1. The first-order valence-corrected chi connectivity index (χ1v) is 4.78. The molecule has 0 radical (unpaired) electrons. The Morgan fingerprint density at radius 2 is 2.00 bits per heavy atom. The molecule has 2 heteroatoms. The molecule has 1 saturated carbocycles. The van der Waals surface area contributed by atoms with Crippen LogP contribution in [-0.4, -0.2) is 18.5 Å². The molecule has 0 spiro atoms. The molecule has 2 aliphatic rings. The Labute approximate surface area is 74.0 Å². The Morgan fingerprint density at radius 3 is 2.42 bits per heavy atom. The van der Waals surface area contributed by atoms with Gasteiger partial charge in [0.2, 0.25) is 0 Å². The van der Waals surface area contributed by atoms with Gasteiger partial charge in [-0.2, -0.15) is 0 Å². The topological polar surface area (TPSA) is 21.6 Å². The lowest BCUT2D eigenvalue weighted by Gasteiger charge is -2.21. The molecule has 0 aromatic rings. The Bertz CT molecular complexity index is 210. The number of nitrogens with zero attached hydrogens (tertiary/aromatic N) is 1. The molecule has 2 rings (SSSR count). The fraction of sp³-hybridized carbons (Fsp3) is 0.900. The van der Waals surface area contributed by atoms with Gasteiger partial charge in [-0.05, 0) is 18.3 Å². The van der Waals surface area contributed by atoms with Crippen molar-refractivity contribution < 1.29 is 4.74 Å². The van der Waals surface area contributed by atoms with Crippen molar-refractivity contribution in [3.8, 4) is 0 Å². The summed E-state index contributed by atoms with van der Waals surface area (Å²) in [4.78, 5) is 4.62. The zero-order valence-corrected chi connectivity index (χ0v) is 8.13. The summed E-state index contributed by atoms with van der Waals surface area (Å²) in [7, 11) is 0. The van der Waals surface area contributed by atoms with Crippen LogP contribution >= 0.6 is 0 Å². The van der Waals surface area contributed by atoms with Crippen molar-refractivity contribution in [3.63, 3.8) is 0 Å². The summed E-state index contributed by atoms with van der Waals surface area (Å²) in [5, 5.41) is 0. The molecule has 0 amide bonds. The summed E-state index contributed by atoms with van der Waals surface area (Å²) in [5.41, 5.74) is 0.261. The van der Waals surface area contributed by atoms with Crippen LogP contribution in [0.4, 0.5) is 0 Å². The molecule has 1 atom stereocenters. The van der Waals surface area contributed by atoms with E-state index in [0.29, 0.717) is 12.0 Å². The standard InChI is InChI=1S/C10H17NO/c1-10(2,3)8-6-12-9(11-8)7-4-5-7/h7-8H,4-6H2,1-3H3/t8-/m1/s1. The Hall–Kier alpha value is -0.530. The maximum Gasteiger partial charge on any atom is 0.186 e. The molecule has 2 nitrogen and oxygen atoms in total. The van der Waals surface area contributed by atoms with Crippen molar-refractivity contribution in [2.45, 2.75) is 39.7 Å². The third-order valence-corrected chi connectivity index (χ3v) is 2.60. The van der Waals surface area contributed by atoms with Gasteiger partial charge >= 0.3 is 0 Å². The van der Waals surface area contributed by atoms with Crippen LogP contribution in [0.3, 0.4) is 0 Å². The Morgan fingerprint density at radius 1 is 1.33 bits per heavy atom. The van der Waals surface area contributed by atoms with Crippen molar-refractivity contribution >= 4 is 5.90 Å². The average molecular weight is 167 g/mol. The van der Waals surface area contributed by atoms with Crippen molar-refractivity contribution in [2.24, 2.45) is 16.3 Å². The molecule has 0 unspecified atom stereocenters. The first-order valence-electron chi connectivity index (χ1n) is 4.78. The third kappa shape index (κ3) is 1.47. The normalized spacial score (nSPS) is 29.9. The summed E-state index contributed by atoms with van der Waals surface area (Å²) in [6.07, 6.45) is 2.57. The summed E-state index contributed by atoms with van der Waals surface area (Å²) in [6.45, 7) is 7.47. The molecular formula is C10H17NO. The minimum Gasteiger partial charge on any atom is -0.478 e. The summed E-state index contributed by atoms with van der Waals surface area (Å²) in [6, 6.07) is 0.382. The molecule has 0 N–H and O–H groups in total. The van der Waals surface area contributed by atoms with Gasteiger partial charge in [-0.25, -0.2) is 4.99 Å². The van der Waals surface area contributed by atoms with Crippen LogP contribution in [0.1, 0.15) is 33.6 Å². The third-order valence-electron chi connectivity index (χ3n) is 2.60. The molecule has 0 aromatic carbocycles. The molecule has 1 aliphatic carbocycles. The number of hydrogen-bond acceptors (Lipinski definition) is 2. The lowest BCUT2D eigenvalue weighted by atomic mass is 9.88. The van der Waals surface area contributed by atoms with Gasteiger partial charge in [-0.15, -0.1) is 0 Å². The minimum absolute atomic E-state index is 0.261. The summed E-state index contributed by atoms with van der Waals surface area (Å²) in [5.74, 6) is 1.72. The van der Waals surface area contributed by atoms with Crippen LogP contribution in [0.15, 0.2) is 4.99 Å². The number of ether oxygens (including phenoxy) is 1. The van der Waals surface area contributed by atoms with E-state index < -0.39 is 0 Å². The molecular weight excluding hydrogens is 150 g/mol. The van der Waals surface area contributed by atoms with E-state index in [0.717, 1.165) is 12.5 Å². The predicted octanol–water partition coefficient (Wildman–Crippen LogP) is 2.24. The molecule has 0 saturated heterocycles. The smallest absolute Gasteiger partial charge is 0.186 e. The number of rotatable bonds is 1. The first kappa shape index (κ1) is 8.09. The van der Waals surface area contributed by atoms with Crippen LogP contribution in [0, 0.1) is 11.3 Å². The first-order chi connectivity index (χ1) is 5.57. The van der Waals surface area contributed by atoms with Gasteiger partial charge in [-0.3, -0.25) is 0 Å². The molecule has 1 fully saturated rings. The van der Waals surface area contributed by atoms with Gasteiger partial charge < -0.3 is 4.74 Å². The van der Waals surface area contributed by atoms with Gasteiger partial charge in [0.25, 0.3) is 0 Å². The van der Waals surface area contributed by atoms with E-state index in [1.54, 1.807) is 0 Å².